The van der Waals surface area contributed by atoms with Crippen molar-refractivity contribution in [3.05, 3.63) is 69.1 Å². The van der Waals surface area contributed by atoms with Crippen LogP contribution >= 0.6 is 27.5 Å². The second kappa shape index (κ2) is 5.77. The Morgan fingerprint density at radius 3 is 2.76 bits per heavy atom. The van der Waals surface area contributed by atoms with Crippen LogP contribution in [0.3, 0.4) is 0 Å². The summed E-state index contributed by atoms with van der Waals surface area (Å²) in [6.45, 7) is 0. The van der Waals surface area contributed by atoms with Crippen molar-refractivity contribution in [2.24, 2.45) is 5.84 Å². The summed E-state index contributed by atoms with van der Waals surface area (Å²) in [5.41, 5.74) is 4.05. The van der Waals surface area contributed by atoms with Gasteiger partial charge >= 0.3 is 0 Å². The zero-order valence-corrected chi connectivity index (χ0v) is 13.1. The van der Waals surface area contributed by atoms with E-state index in [1.165, 1.54) is 12.1 Å². The minimum atomic E-state index is -0.425. The first-order valence-electron chi connectivity index (χ1n) is 6.18. The molecule has 6 heteroatoms. The third-order valence-corrected chi connectivity index (χ3v) is 4.06. The lowest BCUT2D eigenvalue weighted by Gasteiger charge is -2.15. The molecule has 0 fully saturated rings. The Kier molecular flexibility index (Phi) is 3.99. The molecular formula is C15H11BrClFN2O. The molecule has 1 heterocycles. The van der Waals surface area contributed by atoms with Crippen molar-refractivity contribution in [1.29, 1.82) is 0 Å². The van der Waals surface area contributed by atoms with Gasteiger partial charge in [-0.1, -0.05) is 27.5 Å². The van der Waals surface area contributed by atoms with Crippen LogP contribution in [0.4, 0.5) is 4.39 Å². The fourth-order valence-corrected chi connectivity index (χ4v) is 2.84. The molecule has 1 aromatic heterocycles. The van der Waals surface area contributed by atoms with Crippen LogP contribution in [0.15, 0.2) is 51.4 Å². The number of fused-ring (bicyclic) bond motifs is 1. The Balaban J connectivity index is 2.11. The van der Waals surface area contributed by atoms with Crippen LogP contribution in [0, 0.1) is 5.82 Å². The first-order chi connectivity index (χ1) is 10.1. The van der Waals surface area contributed by atoms with Gasteiger partial charge in [-0.15, -0.1) is 0 Å². The van der Waals surface area contributed by atoms with Gasteiger partial charge in [0, 0.05) is 14.9 Å². The van der Waals surface area contributed by atoms with E-state index in [0.717, 1.165) is 10.0 Å². The van der Waals surface area contributed by atoms with E-state index in [1.807, 2.05) is 12.1 Å². The normalized spacial score (nSPS) is 12.8. The predicted octanol–water partition coefficient (Wildman–Crippen LogP) is 4.54. The van der Waals surface area contributed by atoms with E-state index in [2.05, 4.69) is 21.4 Å². The summed E-state index contributed by atoms with van der Waals surface area (Å²) >= 11 is 9.63. The zero-order chi connectivity index (χ0) is 15.0. The van der Waals surface area contributed by atoms with Crippen LogP contribution in [-0.4, -0.2) is 0 Å². The van der Waals surface area contributed by atoms with Crippen LogP contribution in [-0.2, 0) is 0 Å². The van der Waals surface area contributed by atoms with Crippen LogP contribution in [0.25, 0.3) is 11.0 Å². The number of nitrogens with two attached hydrogens (primary N) is 1. The Labute approximate surface area is 134 Å². The molecule has 0 saturated carbocycles. The zero-order valence-electron chi connectivity index (χ0n) is 10.7. The van der Waals surface area contributed by atoms with E-state index >= 15 is 0 Å². The van der Waals surface area contributed by atoms with Gasteiger partial charge in [0.2, 0.25) is 0 Å². The predicted molar refractivity (Wildman–Crippen MR) is 84.5 cm³/mol. The Hall–Kier alpha value is -1.40. The highest BCUT2D eigenvalue weighted by Crippen LogP contribution is 2.33. The first kappa shape index (κ1) is 14.5. The van der Waals surface area contributed by atoms with Gasteiger partial charge in [-0.25, -0.2) is 9.82 Å². The molecule has 0 saturated heterocycles. The van der Waals surface area contributed by atoms with Crippen LogP contribution in [0.5, 0.6) is 0 Å². The summed E-state index contributed by atoms with van der Waals surface area (Å²) in [6.07, 6.45) is 0. The quantitative estimate of drug-likeness (QED) is 0.526. The Morgan fingerprint density at radius 2 is 2.00 bits per heavy atom. The van der Waals surface area contributed by atoms with Gasteiger partial charge in [0.15, 0.2) is 0 Å². The SMILES string of the molecule is NNC(c1cc2cc(F)ccc2o1)c1cc(Br)ccc1Cl. The average molecular weight is 370 g/mol. The second-order valence-corrected chi connectivity index (χ2v) is 5.92. The summed E-state index contributed by atoms with van der Waals surface area (Å²) in [5, 5.41) is 1.24. The maximum atomic E-state index is 13.3. The van der Waals surface area contributed by atoms with E-state index in [9.17, 15) is 4.39 Å². The standard InChI is InChI=1S/C15H11BrClFN2O/c16-9-1-3-12(17)11(7-9)15(20-19)14-6-8-5-10(18)2-4-13(8)21-14/h1-7,15,20H,19H2. The summed E-state index contributed by atoms with van der Waals surface area (Å²) in [7, 11) is 0. The summed E-state index contributed by atoms with van der Waals surface area (Å²) in [4.78, 5) is 0. The highest BCUT2D eigenvalue weighted by atomic mass is 79.9. The van der Waals surface area contributed by atoms with Crippen LogP contribution in [0.1, 0.15) is 17.4 Å². The average Bonchev–Trinajstić information content (AvgIpc) is 2.86. The molecule has 3 rings (SSSR count). The molecule has 1 atom stereocenters. The van der Waals surface area contributed by atoms with Crippen LogP contribution in [0.2, 0.25) is 5.02 Å². The number of benzene rings is 2. The minimum Gasteiger partial charge on any atom is -0.459 e. The highest BCUT2D eigenvalue weighted by Gasteiger charge is 2.20. The van der Waals surface area contributed by atoms with E-state index in [1.54, 1.807) is 18.2 Å². The number of furan rings is 1. The molecule has 0 aliphatic rings. The molecular weight excluding hydrogens is 359 g/mol. The van der Waals surface area contributed by atoms with Gasteiger partial charge in [0.05, 0.1) is 0 Å². The number of rotatable bonds is 3. The van der Waals surface area contributed by atoms with Crippen molar-refractivity contribution in [2.75, 3.05) is 0 Å². The van der Waals surface area contributed by atoms with E-state index in [-0.39, 0.29) is 5.82 Å². The third kappa shape index (κ3) is 2.82. The monoisotopic (exact) mass is 368 g/mol. The maximum absolute atomic E-state index is 13.3. The molecule has 2 aromatic carbocycles. The molecule has 108 valence electrons. The molecule has 3 aromatic rings. The van der Waals surface area contributed by atoms with Crippen molar-refractivity contribution in [2.45, 2.75) is 6.04 Å². The fourth-order valence-electron chi connectivity index (χ4n) is 2.24. The third-order valence-electron chi connectivity index (χ3n) is 3.22. The topological polar surface area (TPSA) is 51.2 Å². The number of halogens is 3. The second-order valence-electron chi connectivity index (χ2n) is 4.60. The molecule has 0 amide bonds. The molecule has 0 bridgehead atoms. The Bertz CT molecular complexity index is 805. The van der Waals surface area contributed by atoms with Crippen LogP contribution < -0.4 is 11.3 Å². The van der Waals surface area contributed by atoms with Crippen molar-refractivity contribution < 1.29 is 8.81 Å². The van der Waals surface area contributed by atoms with Crippen molar-refractivity contribution >= 4 is 38.5 Å². The first-order valence-corrected chi connectivity index (χ1v) is 7.35. The van der Waals surface area contributed by atoms with Gasteiger partial charge in [-0.3, -0.25) is 5.84 Å². The lowest BCUT2D eigenvalue weighted by Crippen LogP contribution is -2.28. The number of hydrazine groups is 1. The van der Waals surface area contributed by atoms with Gasteiger partial charge < -0.3 is 4.42 Å². The van der Waals surface area contributed by atoms with Crippen molar-refractivity contribution in [3.8, 4) is 0 Å². The number of hydrogen-bond donors (Lipinski definition) is 2. The van der Waals surface area contributed by atoms with Crippen molar-refractivity contribution in [1.82, 2.24) is 5.43 Å². The molecule has 0 spiro atoms. The van der Waals surface area contributed by atoms with Gasteiger partial charge in [-0.05, 0) is 48.0 Å². The van der Waals surface area contributed by atoms with Gasteiger partial charge in [-0.2, -0.15) is 0 Å². The summed E-state index contributed by atoms with van der Waals surface area (Å²) in [5.74, 6) is 5.90. The van der Waals surface area contributed by atoms with Gasteiger partial charge in [0.1, 0.15) is 23.2 Å². The molecule has 0 radical (unpaired) electrons. The van der Waals surface area contributed by atoms with Crippen molar-refractivity contribution in [3.63, 3.8) is 0 Å². The largest absolute Gasteiger partial charge is 0.459 e. The van der Waals surface area contributed by atoms with Gasteiger partial charge in [0.25, 0.3) is 0 Å². The maximum Gasteiger partial charge on any atom is 0.134 e. The molecule has 21 heavy (non-hydrogen) atoms. The molecule has 0 aliphatic heterocycles. The number of nitrogens with one attached hydrogen (secondary N) is 1. The van der Waals surface area contributed by atoms with E-state index in [0.29, 0.717) is 21.8 Å². The fraction of sp³-hybridized carbons (Fsp3) is 0.0667. The minimum absolute atomic E-state index is 0.312. The summed E-state index contributed by atoms with van der Waals surface area (Å²) < 4.78 is 19.9. The molecule has 3 N–H and O–H groups in total. The highest BCUT2D eigenvalue weighted by molar-refractivity contribution is 9.10. The number of hydrogen-bond acceptors (Lipinski definition) is 3. The lowest BCUT2D eigenvalue weighted by molar-refractivity contribution is 0.477. The Morgan fingerprint density at radius 1 is 1.19 bits per heavy atom. The molecule has 0 aliphatic carbocycles. The lowest BCUT2D eigenvalue weighted by atomic mass is 10.0. The van der Waals surface area contributed by atoms with E-state index in [4.69, 9.17) is 21.9 Å². The molecule has 1 unspecified atom stereocenters. The molecule has 3 nitrogen and oxygen atoms in total. The van der Waals surface area contributed by atoms with E-state index < -0.39 is 6.04 Å². The smallest absolute Gasteiger partial charge is 0.134 e. The summed E-state index contributed by atoms with van der Waals surface area (Å²) in [6, 6.07) is 11.2.